The zero-order chi connectivity index (χ0) is 18.4. The van der Waals surface area contributed by atoms with Crippen molar-refractivity contribution in [3.8, 4) is 0 Å². The van der Waals surface area contributed by atoms with Crippen LogP contribution in [0.5, 0.6) is 0 Å². The molecule has 0 unspecified atom stereocenters. The molecular formula is C23H42O2. The number of hydrogen-bond acceptors (Lipinski definition) is 1. The predicted octanol–water partition coefficient (Wildman–Crippen LogP) is 7.84. The van der Waals surface area contributed by atoms with Gasteiger partial charge in [0.1, 0.15) is 0 Å². The second-order valence-electron chi connectivity index (χ2n) is 7.17. The predicted molar refractivity (Wildman–Crippen MR) is 110 cm³/mol. The lowest BCUT2D eigenvalue weighted by Crippen LogP contribution is -1.91. The molecule has 0 saturated heterocycles. The van der Waals surface area contributed by atoms with E-state index in [1.165, 1.54) is 89.9 Å². The van der Waals surface area contributed by atoms with Crippen LogP contribution in [-0.2, 0) is 4.79 Å². The molecule has 0 heterocycles. The first-order chi connectivity index (χ1) is 12.3. The monoisotopic (exact) mass is 350 g/mol. The standard InChI is InChI=1S/C23H42O2/c1-2-3-4-5-6-7-8-9-10-11-12-13-14-15-16-17-18-19-20-21-22-23(24)25/h17-20H,2-16,21-22H2,1H3,(H,24,25)/b18-17+,20-19+. The van der Waals surface area contributed by atoms with E-state index in [4.69, 9.17) is 5.11 Å². The van der Waals surface area contributed by atoms with Crippen LogP contribution >= 0.6 is 0 Å². The van der Waals surface area contributed by atoms with Crippen molar-refractivity contribution >= 4 is 5.97 Å². The van der Waals surface area contributed by atoms with E-state index in [-0.39, 0.29) is 6.42 Å². The van der Waals surface area contributed by atoms with Crippen molar-refractivity contribution in [2.45, 2.75) is 116 Å². The van der Waals surface area contributed by atoms with Gasteiger partial charge in [-0.05, 0) is 19.3 Å². The highest BCUT2D eigenvalue weighted by Crippen LogP contribution is 2.13. The maximum absolute atomic E-state index is 10.3. The molecule has 2 heteroatoms. The lowest BCUT2D eigenvalue weighted by Gasteiger charge is -2.02. The summed E-state index contributed by atoms with van der Waals surface area (Å²) in [6.07, 6.45) is 29.8. The van der Waals surface area contributed by atoms with E-state index in [2.05, 4.69) is 13.0 Å². The minimum atomic E-state index is -0.726. The zero-order valence-electron chi connectivity index (χ0n) is 16.7. The number of hydrogen-bond donors (Lipinski definition) is 1. The molecule has 0 amide bonds. The molecule has 0 aromatic heterocycles. The van der Waals surface area contributed by atoms with Gasteiger partial charge in [-0.3, -0.25) is 4.79 Å². The van der Waals surface area contributed by atoms with E-state index in [9.17, 15) is 4.79 Å². The van der Waals surface area contributed by atoms with E-state index in [1.807, 2.05) is 18.2 Å². The van der Waals surface area contributed by atoms with Crippen LogP contribution in [0.25, 0.3) is 0 Å². The summed E-state index contributed by atoms with van der Waals surface area (Å²) >= 11 is 0. The summed E-state index contributed by atoms with van der Waals surface area (Å²) in [7, 11) is 0. The van der Waals surface area contributed by atoms with Gasteiger partial charge in [0.05, 0.1) is 0 Å². The Labute approximate surface area is 156 Å². The van der Waals surface area contributed by atoms with Crippen LogP contribution in [0.1, 0.15) is 116 Å². The molecule has 0 aliphatic carbocycles. The Morgan fingerprint density at radius 3 is 1.48 bits per heavy atom. The van der Waals surface area contributed by atoms with Gasteiger partial charge in [-0.25, -0.2) is 0 Å². The topological polar surface area (TPSA) is 37.3 Å². The summed E-state index contributed by atoms with van der Waals surface area (Å²) in [5.41, 5.74) is 0. The molecule has 25 heavy (non-hydrogen) atoms. The highest BCUT2D eigenvalue weighted by atomic mass is 16.4. The normalized spacial score (nSPS) is 11.7. The Bertz CT molecular complexity index is 331. The number of aliphatic carboxylic acids is 1. The van der Waals surface area contributed by atoms with Crippen molar-refractivity contribution in [2.24, 2.45) is 0 Å². The highest BCUT2D eigenvalue weighted by Gasteiger charge is 1.94. The summed E-state index contributed by atoms with van der Waals surface area (Å²) in [6.45, 7) is 2.28. The third kappa shape index (κ3) is 22.9. The summed E-state index contributed by atoms with van der Waals surface area (Å²) in [4.78, 5) is 10.3. The number of unbranched alkanes of at least 4 members (excludes halogenated alkanes) is 14. The van der Waals surface area contributed by atoms with E-state index < -0.39 is 5.97 Å². The molecule has 146 valence electrons. The Kier molecular flexibility index (Phi) is 20.1. The van der Waals surface area contributed by atoms with Crippen LogP contribution in [0.3, 0.4) is 0 Å². The smallest absolute Gasteiger partial charge is 0.303 e. The fourth-order valence-corrected chi connectivity index (χ4v) is 3.01. The van der Waals surface area contributed by atoms with Crippen LogP contribution < -0.4 is 0 Å². The first-order valence-electron chi connectivity index (χ1n) is 10.8. The minimum absolute atomic E-state index is 0.225. The van der Waals surface area contributed by atoms with Crippen molar-refractivity contribution in [1.29, 1.82) is 0 Å². The Hall–Kier alpha value is -1.05. The Morgan fingerprint density at radius 1 is 0.640 bits per heavy atom. The zero-order valence-corrected chi connectivity index (χ0v) is 16.7. The summed E-state index contributed by atoms with van der Waals surface area (Å²) < 4.78 is 0. The molecule has 0 bridgehead atoms. The lowest BCUT2D eigenvalue weighted by molar-refractivity contribution is -0.136. The number of rotatable bonds is 19. The lowest BCUT2D eigenvalue weighted by atomic mass is 10.0. The second-order valence-corrected chi connectivity index (χ2v) is 7.17. The number of allylic oxidation sites excluding steroid dienone is 4. The van der Waals surface area contributed by atoms with Crippen LogP contribution in [0.4, 0.5) is 0 Å². The van der Waals surface area contributed by atoms with Gasteiger partial charge in [0.15, 0.2) is 0 Å². The molecule has 1 N–H and O–H groups in total. The molecule has 0 aliphatic heterocycles. The van der Waals surface area contributed by atoms with E-state index in [0.29, 0.717) is 6.42 Å². The van der Waals surface area contributed by atoms with Gasteiger partial charge in [0, 0.05) is 6.42 Å². The summed E-state index contributed by atoms with van der Waals surface area (Å²) in [6, 6.07) is 0. The molecule has 0 aliphatic rings. The summed E-state index contributed by atoms with van der Waals surface area (Å²) in [5, 5.41) is 8.51. The van der Waals surface area contributed by atoms with Crippen molar-refractivity contribution in [2.75, 3.05) is 0 Å². The fourth-order valence-electron chi connectivity index (χ4n) is 3.01. The average Bonchev–Trinajstić information content (AvgIpc) is 2.60. The third-order valence-electron chi connectivity index (χ3n) is 4.63. The Morgan fingerprint density at radius 2 is 1.04 bits per heavy atom. The molecule has 0 aromatic rings. The first kappa shape index (κ1) is 23.9. The van der Waals surface area contributed by atoms with Crippen LogP contribution in [0.2, 0.25) is 0 Å². The maximum Gasteiger partial charge on any atom is 0.303 e. The van der Waals surface area contributed by atoms with Crippen molar-refractivity contribution in [3.05, 3.63) is 24.3 Å². The van der Waals surface area contributed by atoms with E-state index in [1.54, 1.807) is 0 Å². The molecule has 0 aromatic carbocycles. The van der Waals surface area contributed by atoms with Gasteiger partial charge in [0.25, 0.3) is 0 Å². The van der Waals surface area contributed by atoms with Crippen molar-refractivity contribution in [3.63, 3.8) is 0 Å². The van der Waals surface area contributed by atoms with Crippen LogP contribution in [-0.4, -0.2) is 11.1 Å². The van der Waals surface area contributed by atoms with Gasteiger partial charge in [0.2, 0.25) is 0 Å². The SMILES string of the molecule is CCCCCCCCCCCCCCCC/C=C/C=C/CCC(=O)O. The molecule has 0 radical (unpaired) electrons. The van der Waals surface area contributed by atoms with Gasteiger partial charge >= 0.3 is 5.97 Å². The second kappa shape index (κ2) is 21.0. The fraction of sp³-hybridized carbons (Fsp3) is 0.783. The molecule has 0 fully saturated rings. The largest absolute Gasteiger partial charge is 0.481 e. The molecule has 0 spiro atoms. The quantitative estimate of drug-likeness (QED) is 0.190. The summed E-state index contributed by atoms with van der Waals surface area (Å²) in [5.74, 6) is -0.726. The molecule has 0 atom stereocenters. The first-order valence-corrected chi connectivity index (χ1v) is 10.8. The average molecular weight is 351 g/mol. The molecule has 0 saturated carbocycles. The van der Waals surface area contributed by atoms with E-state index >= 15 is 0 Å². The van der Waals surface area contributed by atoms with E-state index in [0.717, 1.165) is 6.42 Å². The van der Waals surface area contributed by atoms with Crippen LogP contribution in [0, 0.1) is 0 Å². The number of carboxylic acids is 1. The molecule has 2 nitrogen and oxygen atoms in total. The van der Waals surface area contributed by atoms with Gasteiger partial charge in [-0.2, -0.15) is 0 Å². The minimum Gasteiger partial charge on any atom is -0.481 e. The van der Waals surface area contributed by atoms with Crippen LogP contribution in [0.15, 0.2) is 24.3 Å². The van der Waals surface area contributed by atoms with Gasteiger partial charge in [-0.15, -0.1) is 0 Å². The Balaban J connectivity index is 3.12. The van der Waals surface area contributed by atoms with Crippen molar-refractivity contribution in [1.82, 2.24) is 0 Å². The maximum atomic E-state index is 10.3. The van der Waals surface area contributed by atoms with Gasteiger partial charge in [-0.1, -0.05) is 115 Å². The number of carboxylic acid groups (broad SMARTS) is 1. The third-order valence-corrected chi connectivity index (χ3v) is 4.63. The van der Waals surface area contributed by atoms with Gasteiger partial charge < -0.3 is 5.11 Å². The molecule has 0 rings (SSSR count). The highest BCUT2D eigenvalue weighted by molar-refractivity contribution is 5.66. The number of carbonyl (C=O) groups is 1. The molecular weight excluding hydrogens is 308 g/mol. The van der Waals surface area contributed by atoms with Crippen molar-refractivity contribution < 1.29 is 9.90 Å².